The van der Waals surface area contributed by atoms with Crippen LogP contribution in [0.15, 0.2) is 52.2 Å². The molecule has 0 aliphatic heterocycles. The third-order valence-corrected chi connectivity index (χ3v) is 5.86. The standard InChI is InChI=1S/C25H28N4O7S/c1-25(2,3)19-14-18(29-11-10-21(30)27-23(29)31)12-16(22(19)36-4)7-6-15-8-9-17(28-37(5,34)35)13-20(15)26-24(32)33/h6-14,26,28H,1-5H3,(H,32,33)(H,27,30,31)/b7-6+. The van der Waals surface area contributed by atoms with E-state index >= 15 is 0 Å². The van der Waals surface area contributed by atoms with Crippen LogP contribution in [0.5, 0.6) is 5.75 Å². The molecule has 0 radical (unpaired) electrons. The van der Waals surface area contributed by atoms with Crippen LogP contribution < -0.4 is 26.0 Å². The molecule has 1 amide bonds. The van der Waals surface area contributed by atoms with Crippen LogP contribution in [0.2, 0.25) is 0 Å². The van der Waals surface area contributed by atoms with Gasteiger partial charge in [-0.05, 0) is 35.2 Å². The zero-order chi connectivity index (χ0) is 27.5. The van der Waals surface area contributed by atoms with Crippen molar-refractivity contribution in [2.75, 3.05) is 23.4 Å². The Hall–Kier alpha value is -4.32. The van der Waals surface area contributed by atoms with Gasteiger partial charge in [-0.3, -0.25) is 24.4 Å². The predicted octanol–water partition coefficient (Wildman–Crippen LogP) is 3.46. The number of anilines is 2. The molecule has 0 unspecified atom stereocenters. The number of aromatic amines is 1. The number of carbonyl (C=O) groups is 1. The number of benzene rings is 2. The van der Waals surface area contributed by atoms with E-state index in [1.165, 1.54) is 36.1 Å². The van der Waals surface area contributed by atoms with Crippen LogP contribution in [0.4, 0.5) is 16.2 Å². The van der Waals surface area contributed by atoms with E-state index in [1.54, 1.807) is 30.4 Å². The molecule has 2 aromatic carbocycles. The number of nitrogens with zero attached hydrogens (tertiary/aromatic N) is 1. The summed E-state index contributed by atoms with van der Waals surface area (Å²) in [4.78, 5) is 37.6. The van der Waals surface area contributed by atoms with Gasteiger partial charge in [-0.15, -0.1) is 0 Å². The lowest BCUT2D eigenvalue weighted by atomic mass is 9.84. The average molecular weight is 529 g/mol. The minimum Gasteiger partial charge on any atom is -0.496 e. The van der Waals surface area contributed by atoms with E-state index in [4.69, 9.17) is 4.74 Å². The molecule has 1 aromatic heterocycles. The molecule has 0 atom stereocenters. The van der Waals surface area contributed by atoms with E-state index in [1.807, 2.05) is 20.8 Å². The molecule has 1 heterocycles. The van der Waals surface area contributed by atoms with Gasteiger partial charge in [0.1, 0.15) is 5.75 Å². The maximum absolute atomic E-state index is 12.5. The van der Waals surface area contributed by atoms with Crippen LogP contribution >= 0.6 is 0 Å². The van der Waals surface area contributed by atoms with Gasteiger partial charge < -0.3 is 9.84 Å². The smallest absolute Gasteiger partial charge is 0.409 e. The normalized spacial score (nSPS) is 11.9. The molecule has 3 rings (SSSR count). The van der Waals surface area contributed by atoms with Crippen molar-refractivity contribution >= 4 is 39.6 Å². The van der Waals surface area contributed by atoms with E-state index in [0.29, 0.717) is 22.6 Å². The van der Waals surface area contributed by atoms with E-state index in [2.05, 4.69) is 15.0 Å². The number of nitrogens with one attached hydrogen (secondary N) is 3. The Kier molecular flexibility index (Phi) is 7.63. The maximum atomic E-state index is 12.5. The van der Waals surface area contributed by atoms with E-state index < -0.39 is 27.4 Å². The van der Waals surface area contributed by atoms with Crippen molar-refractivity contribution in [3.8, 4) is 11.4 Å². The number of rotatable bonds is 7. The fourth-order valence-electron chi connectivity index (χ4n) is 3.69. The number of carboxylic acid groups (broad SMARTS) is 1. The van der Waals surface area contributed by atoms with Crippen molar-refractivity contribution in [1.29, 1.82) is 0 Å². The molecular weight excluding hydrogens is 500 g/mol. The van der Waals surface area contributed by atoms with Gasteiger partial charge >= 0.3 is 11.8 Å². The van der Waals surface area contributed by atoms with Crippen molar-refractivity contribution in [2.24, 2.45) is 0 Å². The second-order valence-electron chi connectivity index (χ2n) is 9.29. The summed E-state index contributed by atoms with van der Waals surface area (Å²) in [5.74, 6) is 0.549. The number of hydrogen-bond acceptors (Lipinski definition) is 6. The first kappa shape index (κ1) is 27.3. The zero-order valence-corrected chi connectivity index (χ0v) is 21.8. The number of ether oxygens (including phenoxy) is 1. The lowest BCUT2D eigenvalue weighted by Crippen LogP contribution is -2.28. The Labute approximate surface area is 213 Å². The second kappa shape index (κ2) is 10.3. The number of amides is 1. The Morgan fingerprint density at radius 1 is 1.08 bits per heavy atom. The first-order chi connectivity index (χ1) is 17.2. The van der Waals surface area contributed by atoms with Crippen LogP contribution in [0.25, 0.3) is 17.8 Å². The third kappa shape index (κ3) is 6.88. The molecule has 0 fully saturated rings. The fraction of sp³-hybridized carbons (Fsp3) is 0.240. The molecule has 12 heteroatoms. The lowest BCUT2D eigenvalue weighted by molar-refractivity contribution is 0.209. The lowest BCUT2D eigenvalue weighted by Gasteiger charge is -2.25. The second-order valence-corrected chi connectivity index (χ2v) is 11.0. The summed E-state index contributed by atoms with van der Waals surface area (Å²) in [6.07, 6.45) is 4.38. The maximum Gasteiger partial charge on any atom is 0.409 e. The number of aromatic nitrogens is 2. The van der Waals surface area contributed by atoms with Crippen LogP contribution in [0, 0.1) is 0 Å². The van der Waals surface area contributed by atoms with Crippen LogP contribution in [0.3, 0.4) is 0 Å². The van der Waals surface area contributed by atoms with Gasteiger partial charge in [0.05, 0.1) is 30.4 Å². The highest BCUT2D eigenvalue weighted by Gasteiger charge is 2.22. The predicted molar refractivity (Wildman–Crippen MR) is 143 cm³/mol. The quantitative estimate of drug-likeness (QED) is 0.342. The SMILES string of the molecule is COc1c(/C=C/c2ccc(NS(C)(=O)=O)cc2NC(=O)O)cc(-n2ccc(=O)[nH]c2=O)cc1C(C)(C)C. The van der Waals surface area contributed by atoms with Gasteiger partial charge in [0.25, 0.3) is 5.56 Å². The van der Waals surface area contributed by atoms with Crippen molar-refractivity contribution < 1.29 is 23.1 Å². The van der Waals surface area contributed by atoms with Gasteiger partial charge in [-0.1, -0.05) is 39.0 Å². The highest BCUT2D eigenvalue weighted by Crippen LogP contribution is 2.37. The van der Waals surface area contributed by atoms with Crippen molar-refractivity contribution in [3.05, 3.63) is 80.1 Å². The van der Waals surface area contributed by atoms with Crippen molar-refractivity contribution in [2.45, 2.75) is 26.2 Å². The topological polar surface area (TPSA) is 160 Å². The summed E-state index contributed by atoms with van der Waals surface area (Å²) in [5.41, 5.74) is 1.16. The largest absolute Gasteiger partial charge is 0.496 e. The molecule has 0 saturated carbocycles. The van der Waals surface area contributed by atoms with Gasteiger partial charge in [0.2, 0.25) is 10.0 Å². The Morgan fingerprint density at radius 2 is 1.76 bits per heavy atom. The molecule has 0 bridgehead atoms. The van der Waals surface area contributed by atoms with Crippen molar-refractivity contribution in [3.63, 3.8) is 0 Å². The number of sulfonamides is 1. The molecule has 37 heavy (non-hydrogen) atoms. The summed E-state index contributed by atoms with van der Waals surface area (Å²) < 4.78 is 32.5. The first-order valence-electron chi connectivity index (χ1n) is 11.0. The molecule has 11 nitrogen and oxygen atoms in total. The van der Waals surface area contributed by atoms with Crippen LogP contribution in [0.1, 0.15) is 37.5 Å². The number of H-pyrrole nitrogens is 1. The number of hydrogen-bond donors (Lipinski definition) is 4. The van der Waals surface area contributed by atoms with Gasteiger partial charge in [-0.2, -0.15) is 0 Å². The molecule has 196 valence electrons. The summed E-state index contributed by atoms with van der Waals surface area (Å²) in [6, 6.07) is 9.18. The molecule has 3 aromatic rings. The minimum atomic E-state index is -3.57. The van der Waals surface area contributed by atoms with Gasteiger partial charge in [0.15, 0.2) is 0 Å². The Morgan fingerprint density at radius 3 is 2.32 bits per heavy atom. The summed E-state index contributed by atoms with van der Waals surface area (Å²) >= 11 is 0. The monoisotopic (exact) mass is 528 g/mol. The molecular formula is C25H28N4O7S. The van der Waals surface area contributed by atoms with E-state index in [-0.39, 0.29) is 16.8 Å². The van der Waals surface area contributed by atoms with Gasteiger partial charge in [0, 0.05) is 23.4 Å². The summed E-state index contributed by atoms with van der Waals surface area (Å²) in [7, 11) is -2.04. The summed E-state index contributed by atoms with van der Waals surface area (Å²) in [5, 5.41) is 11.5. The Bertz CT molecular complexity index is 1600. The van der Waals surface area contributed by atoms with E-state index in [0.717, 1.165) is 11.8 Å². The van der Waals surface area contributed by atoms with Gasteiger partial charge in [-0.25, -0.2) is 18.0 Å². The highest BCUT2D eigenvalue weighted by atomic mass is 32.2. The number of methoxy groups -OCH3 is 1. The third-order valence-electron chi connectivity index (χ3n) is 5.26. The average Bonchev–Trinajstić information content (AvgIpc) is 2.76. The summed E-state index contributed by atoms with van der Waals surface area (Å²) in [6.45, 7) is 5.96. The molecule has 0 spiro atoms. The van der Waals surface area contributed by atoms with Crippen LogP contribution in [-0.2, 0) is 15.4 Å². The molecule has 0 aliphatic carbocycles. The molecule has 0 saturated heterocycles. The highest BCUT2D eigenvalue weighted by molar-refractivity contribution is 7.92. The molecule has 4 N–H and O–H groups in total. The van der Waals surface area contributed by atoms with Crippen molar-refractivity contribution in [1.82, 2.24) is 9.55 Å². The minimum absolute atomic E-state index is 0.153. The Balaban J connectivity index is 2.20. The fourth-order valence-corrected chi connectivity index (χ4v) is 4.24. The van der Waals surface area contributed by atoms with Crippen LogP contribution in [-0.4, -0.2) is 42.5 Å². The molecule has 0 aliphatic rings. The zero-order valence-electron chi connectivity index (χ0n) is 20.9. The van der Waals surface area contributed by atoms with E-state index in [9.17, 15) is 27.9 Å². The first-order valence-corrected chi connectivity index (χ1v) is 12.9.